The van der Waals surface area contributed by atoms with E-state index in [1.165, 1.54) is 18.2 Å². The van der Waals surface area contributed by atoms with Crippen molar-refractivity contribution >= 4 is 34.4 Å². The van der Waals surface area contributed by atoms with Crippen LogP contribution in [0.3, 0.4) is 0 Å². The van der Waals surface area contributed by atoms with Gasteiger partial charge < -0.3 is 19.6 Å². The van der Waals surface area contributed by atoms with Gasteiger partial charge in [-0.1, -0.05) is 11.6 Å². The molecule has 144 valence electrons. The Morgan fingerprint density at radius 1 is 1.11 bits per heavy atom. The second-order valence-corrected chi connectivity index (χ2v) is 6.38. The molecule has 3 aromatic rings. The summed E-state index contributed by atoms with van der Waals surface area (Å²) in [5, 5.41) is 13.2. The van der Waals surface area contributed by atoms with Crippen molar-refractivity contribution in [3.63, 3.8) is 0 Å². The predicted molar refractivity (Wildman–Crippen MR) is 102 cm³/mol. The lowest BCUT2D eigenvalue weighted by atomic mass is 10.1. The third-order valence-corrected chi connectivity index (χ3v) is 4.18. The molecule has 2 N–H and O–H groups in total. The van der Waals surface area contributed by atoms with Crippen LogP contribution in [-0.4, -0.2) is 23.5 Å². The van der Waals surface area contributed by atoms with Crippen molar-refractivity contribution in [3.8, 4) is 5.75 Å². The van der Waals surface area contributed by atoms with Crippen LogP contribution < -0.4 is 10.9 Å². The zero-order valence-corrected chi connectivity index (χ0v) is 15.4. The number of fused-ring (bicyclic) bond motifs is 1. The highest BCUT2D eigenvalue weighted by atomic mass is 35.5. The molecule has 0 aliphatic heterocycles. The van der Waals surface area contributed by atoms with E-state index in [0.717, 1.165) is 0 Å². The average molecular weight is 402 g/mol. The van der Waals surface area contributed by atoms with E-state index in [1.807, 2.05) is 0 Å². The normalized spacial score (nSPS) is 10.6. The van der Waals surface area contributed by atoms with Crippen LogP contribution in [0.25, 0.3) is 11.0 Å². The summed E-state index contributed by atoms with van der Waals surface area (Å²) in [5.41, 5.74) is 0.487. The number of esters is 1. The summed E-state index contributed by atoms with van der Waals surface area (Å²) in [7, 11) is 0. The molecule has 28 heavy (non-hydrogen) atoms. The Morgan fingerprint density at radius 2 is 1.86 bits per heavy atom. The molecule has 1 aromatic heterocycles. The highest BCUT2D eigenvalue weighted by Crippen LogP contribution is 2.22. The second-order valence-electron chi connectivity index (χ2n) is 5.94. The molecule has 0 spiro atoms. The van der Waals surface area contributed by atoms with Gasteiger partial charge in [-0.25, -0.2) is 4.79 Å². The third-order valence-electron chi connectivity index (χ3n) is 3.92. The number of ether oxygens (including phenoxy) is 1. The first-order chi connectivity index (χ1) is 13.4. The number of benzene rings is 2. The van der Waals surface area contributed by atoms with Crippen molar-refractivity contribution < 1.29 is 23.8 Å². The Morgan fingerprint density at radius 3 is 2.61 bits per heavy atom. The van der Waals surface area contributed by atoms with Crippen molar-refractivity contribution in [2.75, 3.05) is 6.54 Å². The van der Waals surface area contributed by atoms with Crippen LogP contribution in [0.2, 0.25) is 5.02 Å². The lowest BCUT2D eigenvalue weighted by molar-refractivity contribution is -0.144. The molecule has 0 aliphatic carbocycles. The molecule has 7 nitrogen and oxygen atoms in total. The largest absolute Gasteiger partial charge is 0.508 e. The molecule has 0 fully saturated rings. The Balaban J connectivity index is 1.53. The Hall–Kier alpha value is -3.32. The van der Waals surface area contributed by atoms with E-state index in [4.69, 9.17) is 20.8 Å². The van der Waals surface area contributed by atoms with E-state index >= 15 is 0 Å². The number of carbonyl (C=O) groups is 2. The summed E-state index contributed by atoms with van der Waals surface area (Å²) < 4.78 is 10.2. The van der Waals surface area contributed by atoms with Crippen LogP contribution in [-0.2, 0) is 16.1 Å². The van der Waals surface area contributed by atoms with Gasteiger partial charge in [0.1, 0.15) is 17.9 Å². The van der Waals surface area contributed by atoms with Gasteiger partial charge in [-0.15, -0.1) is 0 Å². The molecule has 0 saturated carbocycles. The van der Waals surface area contributed by atoms with E-state index in [0.29, 0.717) is 21.5 Å². The van der Waals surface area contributed by atoms with Crippen LogP contribution in [0.1, 0.15) is 22.3 Å². The number of amides is 1. The lowest BCUT2D eigenvalue weighted by Gasteiger charge is -2.08. The molecule has 2 aromatic carbocycles. The molecule has 0 atom stereocenters. The quantitative estimate of drug-likeness (QED) is 0.486. The molecule has 1 amide bonds. The van der Waals surface area contributed by atoms with Gasteiger partial charge in [-0.3, -0.25) is 9.59 Å². The van der Waals surface area contributed by atoms with Gasteiger partial charge in [-0.05, 0) is 36.4 Å². The molecule has 0 aliphatic rings. The standard InChI is InChI=1S/C20H16ClNO6/c21-14-3-1-12(2-4-14)20(26)22-8-7-18(24)27-11-13-9-19(25)28-17-10-15(23)5-6-16(13)17/h1-6,9-10,23H,7-8,11H2,(H,22,26). The number of nitrogens with one attached hydrogen (secondary N) is 1. The minimum Gasteiger partial charge on any atom is -0.508 e. The molecule has 0 unspecified atom stereocenters. The van der Waals surface area contributed by atoms with Gasteiger partial charge in [-0.2, -0.15) is 0 Å². The van der Waals surface area contributed by atoms with Crippen LogP contribution in [0.4, 0.5) is 0 Å². The number of phenols is 1. The summed E-state index contributed by atoms with van der Waals surface area (Å²) in [6, 6.07) is 11.9. The van der Waals surface area contributed by atoms with Gasteiger partial charge in [0.25, 0.3) is 5.91 Å². The number of rotatable bonds is 6. The summed E-state index contributed by atoms with van der Waals surface area (Å²) in [4.78, 5) is 35.5. The SMILES string of the molecule is O=C(CCNC(=O)c1ccc(Cl)cc1)OCc1cc(=O)oc2cc(O)ccc12. The molecule has 1 heterocycles. The zero-order chi connectivity index (χ0) is 20.1. The van der Waals surface area contributed by atoms with Crippen molar-refractivity contribution in [1.82, 2.24) is 5.32 Å². The zero-order valence-electron chi connectivity index (χ0n) is 14.6. The predicted octanol–water partition coefficient (Wildman–Crippen LogP) is 3.02. The van der Waals surface area contributed by atoms with Crippen molar-refractivity contribution in [2.24, 2.45) is 0 Å². The van der Waals surface area contributed by atoms with Gasteiger partial charge in [0.2, 0.25) is 0 Å². The van der Waals surface area contributed by atoms with Gasteiger partial charge in [0, 0.05) is 40.2 Å². The minimum absolute atomic E-state index is 0.0283. The first-order valence-corrected chi connectivity index (χ1v) is 8.75. The fourth-order valence-electron chi connectivity index (χ4n) is 2.55. The fourth-order valence-corrected chi connectivity index (χ4v) is 2.68. The molecular weight excluding hydrogens is 386 g/mol. The Bertz CT molecular complexity index is 1070. The van der Waals surface area contributed by atoms with Crippen molar-refractivity contribution in [1.29, 1.82) is 0 Å². The van der Waals surface area contributed by atoms with E-state index in [-0.39, 0.29) is 36.8 Å². The number of phenolic OH excluding ortho intramolecular Hbond substituents is 1. The molecule has 0 saturated heterocycles. The molecule has 0 radical (unpaired) electrons. The highest BCUT2D eigenvalue weighted by molar-refractivity contribution is 6.30. The van der Waals surface area contributed by atoms with Crippen LogP contribution >= 0.6 is 11.6 Å². The maximum absolute atomic E-state index is 12.0. The van der Waals surface area contributed by atoms with E-state index in [9.17, 15) is 19.5 Å². The monoisotopic (exact) mass is 401 g/mol. The maximum Gasteiger partial charge on any atom is 0.336 e. The number of carbonyl (C=O) groups excluding carboxylic acids is 2. The van der Waals surface area contributed by atoms with Gasteiger partial charge in [0.15, 0.2) is 0 Å². The fraction of sp³-hybridized carbons (Fsp3) is 0.150. The second kappa shape index (κ2) is 8.58. The number of hydrogen-bond donors (Lipinski definition) is 2. The van der Waals surface area contributed by atoms with Crippen molar-refractivity contribution in [2.45, 2.75) is 13.0 Å². The smallest absolute Gasteiger partial charge is 0.336 e. The lowest BCUT2D eigenvalue weighted by Crippen LogP contribution is -2.26. The highest BCUT2D eigenvalue weighted by Gasteiger charge is 2.11. The summed E-state index contributed by atoms with van der Waals surface area (Å²) >= 11 is 5.77. The Kier molecular flexibility index (Phi) is 5.96. The van der Waals surface area contributed by atoms with E-state index in [1.54, 1.807) is 30.3 Å². The van der Waals surface area contributed by atoms with Gasteiger partial charge >= 0.3 is 11.6 Å². The minimum atomic E-state index is -0.612. The summed E-state index contributed by atoms with van der Waals surface area (Å²) in [6.07, 6.45) is -0.0283. The van der Waals surface area contributed by atoms with Crippen LogP contribution in [0.15, 0.2) is 57.7 Å². The topological polar surface area (TPSA) is 106 Å². The molecular formula is C20H16ClNO6. The summed E-state index contributed by atoms with van der Waals surface area (Å²) in [6.45, 7) is -0.0251. The maximum atomic E-state index is 12.0. The molecule has 3 rings (SSSR count). The van der Waals surface area contributed by atoms with Crippen LogP contribution in [0.5, 0.6) is 5.75 Å². The average Bonchev–Trinajstić information content (AvgIpc) is 2.66. The summed E-state index contributed by atoms with van der Waals surface area (Å²) in [5.74, 6) is -0.895. The first-order valence-electron chi connectivity index (χ1n) is 8.37. The van der Waals surface area contributed by atoms with E-state index in [2.05, 4.69) is 5.32 Å². The van der Waals surface area contributed by atoms with Crippen molar-refractivity contribution in [3.05, 3.63) is 75.1 Å². The first kappa shape index (κ1) is 19.4. The third kappa shape index (κ3) is 4.89. The number of hydrogen-bond acceptors (Lipinski definition) is 6. The molecule has 8 heteroatoms. The Labute approximate surface area is 164 Å². The van der Waals surface area contributed by atoms with E-state index < -0.39 is 11.6 Å². The number of aromatic hydroxyl groups is 1. The molecule has 0 bridgehead atoms. The van der Waals surface area contributed by atoms with Crippen LogP contribution in [0, 0.1) is 0 Å². The number of halogens is 1. The van der Waals surface area contributed by atoms with Gasteiger partial charge in [0.05, 0.1) is 6.42 Å².